The third-order valence-electron chi connectivity index (χ3n) is 11.6. The first-order valence-corrected chi connectivity index (χ1v) is 12.8. The number of allylic oxidation sites excluding steroid dienone is 1. The Hall–Kier alpha value is -0.630. The molecule has 2 aliphatic heterocycles. The SMILES string of the molecule is C[C@H]1CC[C@@H]2[C@@H](C)[C@@H]3[C@@H](C[C@@H]4[C@H]5CCC6=CC(=O)CC[C@@]6(C)[C@@H]5CC[C@]34C)N2C1. The first-order valence-electron chi connectivity index (χ1n) is 12.8. The van der Waals surface area contributed by atoms with E-state index >= 15 is 0 Å². The van der Waals surface area contributed by atoms with Crippen LogP contribution in [0.4, 0.5) is 0 Å². The molecule has 2 saturated heterocycles. The van der Waals surface area contributed by atoms with E-state index in [1.165, 1.54) is 57.1 Å². The summed E-state index contributed by atoms with van der Waals surface area (Å²) in [5.41, 5.74) is 2.41. The van der Waals surface area contributed by atoms with Crippen LogP contribution in [-0.4, -0.2) is 29.3 Å². The van der Waals surface area contributed by atoms with Crippen LogP contribution in [0.5, 0.6) is 0 Å². The van der Waals surface area contributed by atoms with Crippen LogP contribution >= 0.6 is 0 Å². The molecule has 0 aromatic rings. The number of fused-ring (bicyclic) bond motifs is 9. The molecule has 2 heteroatoms. The standard InChI is InChI=1S/C27H41NO/c1-16-5-8-23-17(2)25-24(28(23)15-16)14-22-20-7-6-18-13-19(29)9-11-26(18,3)21(20)10-12-27(22,25)4/h13,16-17,20-25H,5-12,14-15H2,1-4H3/t16-,17+,20-,21+,22+,23+,24+,25+,26+,27-/m0/s1. The van der Waals surface area contributed by atoms with Crippen LogP contribution in [0.3, 0.4) is 0 Å². The van der Waals surface area contributed by atoms with Gasteiger partial charge < -0.3 is 0 Å². The molecule has 4 aliphatic carbocycles. The molecule has 3 saturated carbocycles. The highest BCUT2D eigenvalue weighted by molar-refractivity contribution is 5.91. The Bertz CT molecular complexity index is 756. The van der Waals surface area contributed by atoms with Crippen molar-refractivity contribution >= 4 is 5.78 Å². The number of ketones is 1. The van der Waals surface area contributed by atoms with E-state index in [1.54, 1.807) is 0 Å². The van der Waals surface area contributed by atoms with Crippen molar-refractivity contribution in [2.24, 2.45) is 46.3 Å². The Morgan fingerprint density at radius 2 is 1.79 bits per heavy atom. The Morgan fingerprint density at radius 3 is 2.62 bits per heavy atom. The highest BCUT2D eigenvalue weighted by Crippen LogP contribution is 2.70. The summed E-state index contributed by atoms with van der Waals surface area (Å²) < 4.78 is 0. The molecule has 0 bridgehead atoms. The molecule has 2 heterocycles. The van der Waals surface area contributed by atoms with Gasteiger partial charge in [-0.05, 0) is 104 Å². The van der Waals surface area contributed by atoms with Gasteiger partial charge in [0, 0.05) is 25.0 Å². The van der Waals surface area contributed by atoms with E-state index in [1.807, 2.05) is 0 Å². The maximum Gasteiger partial charge on any atom is 0.155 e. The minimum Gasteiger partial charge on any atom is -0.297 e. The van der Waals surface area contributed by atoms with Gasteiger partial charge in [-0.3, -0.25) is 9.69 Å². The van der Waals surface area contributed by atoms with Crippen LogP contribution in [-0.2, 0) is 4.79 Å². The predicted octanol–water partition coefficient (Wildman–Crippen LogP) is 5.86. The fourth-order valence-corrected chi connectivity index (χ4v) is 10.3. The van der Waals surface area contributed by atoms with Gasteiger partial charge in [0.1, 0.15) is 0 Å². The molecule has 10 atom stereocenters. The van der Waals surface area contributed by atoms with Crippen molar-refractivity contribution in [3.63, 3.8) is 0 Å². The van der Waals surface area contributed by atoms with Crippen molar-refractivity contribution in [3.8, 4) is 0 Å². The molecule has 5 fully saturated rings. The molecule has 2 nitrogen and oxygen atoms in total. The average Bonchev–Trinajstić information content (AvgIpc) is 3.15. The number of rotatable bonds is 0. The quantitative estimate of drug-likeness (QED) is 0.512. The zero-order chi connectivity index (χ0) is 20.1. The topological polar surface area (TPSA) is 20.3 Å². The molecule has 0 amide bonds. The van der Waals surface area contributed by atoms with Gasteiger partial charge in [-0.1, -0.05) is 33.3 Å². The van der Waals surface area contributed by atoms with Crippen LogP contribution in [0, 0.1) is 46.3 Å². The van der Waals surface area contributed by atoms with E-state index in [0.717, 1.165) is 60.4 Å². The van der Waals surface area contributed by atoms with E-state index in [4.69, 9.17) is 0 Å². The maximum absolute atomic E-state index is 12.1. The zero-order valence-electron chi connectivity index (χ0n) is 19.1. The number of carbonyl (C=O) groups excluding carboxylic acids is 1. The van der Waals surface area contributed by atoms with Gasteiger partial charge >= 0.3 is 0 Å². The number of piperidine rings is 1. The predicted molar refractivity (Wildman–Crippen MR) is 117 cm³/mol. The second-order valence-corrected chi connectivity index (χ2v) is 12.6. The summed E-state index contributed by atoms with van der Waals surface area (Å²) in [6, 6.07) is 1.74. The van der Waals surface area contributed by atoms with Gasteiger partial charge in [0.05, 0.1) is 0 Å². The summed E-state index contributed by atoms with van der Waals surface area (Å²) in [6.45, 7) is 11.7. The molecule has 29 heavy (non-hydrogen) atoms. The summed E-state index contributed by atoms with van der Waals surface area (Å²) >= 11 is 0. The number of hydrogen-bond acceptors (Lipinski definition) is 2. The summed E-state index contributed by atoms with van der Waals surface area (Å²) in [5.74, 6) is 5.77. The Labute approximate surface area is 177 Å². The summed E-state index contributed by atoms with van der Waals surface area (Å²) in [4.78, 5) is 15.1. The Kier molecular flexibility index (Phi) is 4.09. The first kappa shape index (κ1) is 19.1. The van der Waals surface area contributed by atoms with Crippen molar-refractivity contribution in [2.45, 2.75) is 97.6 Å². The molecular weight excluding hydrogens is 354 g/mol. The van der Waals surface area contributed by atoms with Crippen molar-refractivity contribution in [3.05, 3.63) is 11.6 Å². The average molecular weight is 396 g/mol. The summed E-state index contributed by atoms with van der Waals surface area (Å²) in [6.07, 6.45) is 13.8. The Balaban J connectivity index is 1.33. The zero-order valence-corrected chi connectivity index (χ0v) is 19.1. The van der Waals surface area contributed by atoms with Gasteiger partial charge in [0.15, 0.2) is 5.78 Å². The van der Waals surface area contributed by atoms with Crippen LogP contribution in [0.1, 0.15) is 85.5 Å². The van der Waals surface area contributed by atoms with Gasteiger partial charge in [0.25, 0.3) is 0 Å². The van der Waals surface area contributed by atoms with Crippen molar-refractivity contribution in [1.82, 2.24) is 4.90 Å². The number of carbonyl (C=O) groups is 1. The van der Waals surface area contributed by atoms with Crippen LogP contribution in [0.2, 0.25) is 0 Å². The summed E-state index contributed by atoms with van der Waals surface area (Å²) in [5, 5.41) is 0. The lowest BCUT2D eigenvalue weighted by Gasteiger charge is -2.58. The lowest BCUT2D eigenvalue weighted by molar-refractivity contribution is -0.117. The van der Waals surface area contributed by atoms with Gasteiger partial charge in [-0.15, -0.1) is 0 Å². The van der Waals surface area contributed by atoms with E-state index in [0.29, 0.717) is 16.6 Å². The third-order valence-corrected chi connectivity index (χ3v) is 11.6. The third kappa shape index (κ3) is 2.42. The largest absolute Gasteiger partial charge is 0.297 e. The second kappa shape index (κ2) is 6.21. The minimum absolute atomic E-state index is 0.323. The molecule has 6 aliphatic rings. The maximum atomic E-state index is 12.1. The first-order chi connectivity index (χ1) is 13.8. The van der Waals surface area contributed by atoms with Crippen molar-refractivity contribution in [1.29, 1.82) is 0 Å². The molecule has 0 aromatic carbocycles. The van der Waals surface area contributed by atoms with E-state index < -0.39 is 0 Å². The molecule has 0 N–H and O–H groups in total. The smallest absolute Gasteiger partial charge is 0.155 e. The summed E-state index contributed by atoms with van der Waals surface area (Å²) in [7, 11) is 0. The lowest BCUT2D eigenvalue weighted by atomic mass is 9.46. The van der Waals surface area contributed by atoms with E-state index in [-0.39, 0.29) is 0 Å². The van der Waals surface area contributed by atoms with Crippen LogP contribution in [0.15, 0.2) is 11.6 Å². The van der Waals surface area contributed by atoms with E-state index in [9.17, 15) is 4.79 Å². The van der Waals surface area contributed by atoms with Crippen LogP contribution < -0.4 is 0 Å². The monoisotopic (exact) mass is 395 g/mol. The molecule has 0 radical (unpaired) electrons. The number of hydrogen-bond donors (Lipinski definition) is 0. The number of nitrogens with zero attached hydrogens (tertiary/aromatic N) is 1. The molecule has 0 aromatic heterocycles. The normalized spacial score (nSPS) is 56.7. The van der Waals surface area contributed by atoms with Gasteiger partial charge in [0.2, 0.25) is 0 Å². The highest BCUT2D eigenvalue weighted by atomic mass is 16.1. The molecule has 160 valence electrons. The second-order valence-electron chi connectivity index (χ2n) is 12.6. The van der Waals surface area contributed by atoms with Gasteiger partial charge in [-0.25, -0.2) is 0 Å². The Morgan fingerprint density at radius 1 is 0.966 bits per heavy atom. The minimum atomic E-state index is 0.323. The lowest BCUT2D eigenvalue weighted by Crippen LogP contribution is -2.51. The van der Waals surface area contributed by atoms with Gasteiger partial charge in [-0.2, -0.15) is 0 Å². The van der Waals surface area contributed by atoms with Crippen LogP contribution in [0.25, 0.3) is 0 Å². The molecule has 6 rings (SSSR count). The molecule has 0 spiro atoms. The van der Waals surface area contributed by atoms with Crippen molar-refractivity contribution < 1.29 is 4.79 Å². The fourth-order valence-electron chi connectivity index (χ4n) is 10.3. The van der Waals surface area contributed by atoms with E-state index in [2.05, 4.69) is 38.7 Å². The van der Waals surface area contributed by atoms with Crippen molar-refractivity contribution in [2.75, 3.05) is 6.54 Å². The highest BCUT2D eigenvalue weighted by Gasteiger charge is 2.66. The molecular formula is C27H41NO. The fraction of sp³-hybridized carbons (Fsp3) is 0.889. The molecule has 0 unspecified atom stereocenters.